The van der Waals surface area contributed by atoms with Crippen LogP contribution in [0.5, 0.6) is 5.75 Å². The first-order valence-electron chi connectivity index (χ1n) is 10.2. The van der Waals surface area contributed by atoms with Gasteiger partial charge >= 0.3 is 0 Å². The summed E-state index contributed by atoms with van der Waals surface area (Å²) in [6, 6.07) is 7.04. The Morgan fingerprint density at radius 2 is 1.93 bits per heavy atom. The molecular weight excluding hydrogens is 360 g/mol. The lowest BCUT2D eigenvalue weighted by Gasteiger charge is -2.39. The molecule has 6 heteroatoms. The molecule has 0 atom stereocenters. The number of rotatable bonds is 5. The molecule has 1 aliphatic heterocycles. The van der Waals surface area contributed by atoms with E-state index in [9.17, 15) is 0 Å². The molecule has 5 nitrogen and oxygen atoms in total. The molecule has 0 unspecified atom stereocenters. The van der Waals surface area contributed by atoms with Crippen molar-refractivity contribution >= 4 is 17.6 Å². The predicted octanol–water partition coefficient (Wildman–Crippen LogP) is 3.81. The molecule has 1 aromatic carbocycles. The second kappa shape index (κ2) is 10.2. The maximum atomic E-state index is 6.04. The van der Waals surface area contributed by atoms with Gasteiger partial charge in [0.15, 0.2) is 5.96 Å². The Bertz CT molecular complexity index is 623. The smallest absolute Gasteiger partial charge is 0.191 e. The van der Waals surface area contributed by atoms with Crippen LogP contribution >= 0.6 is 11.6 Å². The van der Waals surface area contributed by atoms with Crippen LogP contribution in [0.3, 0.4) is 0 Å². The molecule has 0 radical (unpaired) electrons. The molecule has 2 aliphatic rings. The molecule has 1 saturated carbocycles. The van der Waals surface area contributed by atoms with E-state index in [1.165, 1.54) is 58.0 Å². The minimum Gasteiger partial charge on any atom is -0.496 e. The van der Waals surface area contributed by atoms with Crippen LogP contribution in [-0.2, 0) is 6.54 Å². The molecule has 0 spiro atoms. The van der Waals surface area contributed by atoms with E-state index in [0.717, 1.165) is 23.3 Å². The van der Waals surface area contributed by atoms with Crippen molar-refractivity contribution in [2.24, 2.45) is 4.99 Å². The van der Waals surface area contributed by atoms with E-state index in [1.54, 1.807) is 7.11 Å². The van der Waals surface area contributed by atoms with Gasteiger partial charge in [-0.05, 0) is 37.8 Å². The zero-order valence-corrected chi connectivity index (χ0v) is 17.4. The van der Waals surface area contributed by atoms with Crippen molar-refractivity contribution in [2.45, 2.75) is 63.6 Å². The number of likely N-dealkylation sites (tertiary alicyclic amines) is 1. The zero-order chi connectivity index (χ0) is 19.1. The van der Waals surface area contributed by atoms with Crippen molar-refractivity contribution in [3.05, 3.63) is 28.8 Å². The van der Waals surface area contributed by atoms with E-state index in [-0.39, 0.29) is 0 Å². The van der Waals surface area contributed by atoms with Crippen molar-refractivity contribution in [3.8, 4) is 5.75 Å². The van der Waals surface area contributed by atoms with E-state index in [4.69, 9.17) is 16.3 Å². The van der Waals surface area contributed by atoms with Gasteiger partial charge in [0.1, 0.15) is 5.75 Å². The molecule has 27 heavy (non-hydrogen) atoms. The first-order chi connectivity index (χ1) is 13.2. The van der Waals surface area contributed by atoms with Crippen LogP contribution in [0.1, 0.15) is 50.5 Å². The molecule has 1 aromatic rings. The summed E-state index contributed by atoms with van der Waals surface area (Å²) in [6.07, 6.45) is 9.40. The number of nitrogens with zero attached hydrogens (tertiary/aromatic N) is 2. The monoisotopic (exact) mass is 392 g/mol. The van der Waals surface area contributed by atoms with Gasteiger partial charge in [0, 0.05) is 49.4 Å². The number of nitrogens with one attached hydrogen (secondary N) is 2. The van der Waals surface area contributed by atoms with Gasteiger partial charge < -0.3 is 20.3 Å². The van der Waals surface area contributed by atoms with E-state index in [0.29, 0.717) is 17.6 Å². The van der Waals surface area contributed by atoms with Crippen LogP contribution < -0.4 is 15.4 Å². The topological polar surface area (TPSA) is 48.9 Å². The lowest BCUT2D eigenvalue weighted by molar-refractivity contribution is 0.119. The third-order valence-electron chi connectivity index (χ3n) is 5.88. The number of halogens is 1. The van der Waals surface area contributed by atoms with Gasteiger partial charge in [0.25, 0.3) is 0 Å². The van der Waals surface area contributed by atoms with Crippen LogP contribution in [0.2, 0.25) is 5.02 Å². The SMILES string of the molecule is CN=C(NCc1ccc(Cl)cc1OC)NC1CCN(C2CCCCC2)CC1. The molecule has 1 saturated heterocycles. The Morgan fingerprint density at radius 1 is 1.19 bits per heavy atom. The Morgan fingerprint density at radius 3 is 2.59 bits per heavy atom. The van der Waals surface area contributed by atoms with Crippen molar-refractivity contribution in [1.29, 1.82) is 0 Å². The second-order valence-corrected chi connectivity index (χ2v) is 8.06. The molecule has 3 rings (SSSR count). The average molecular weight is 393 g/mol. The van der Waals surface area contributed by atoms with Crippen molar-refractivity contribution in [3.63, 3.8) is 0 Å². The van der Waals surface area contributed by atoms with E-state index in [2.05, 4.69) is 20.5 Å². The van der Waals surface area contributed by atoms with Crippen molar-refractivity contribution in [1.82, 2.24) is 15.5 Å². The molecule has 2 fully saturated rings. The van der Waals surface area contributed by atoms with Gasteiger partial charge in [-0.3, -0.25) is 4.99 Å². The van der Waals surface area contributed by atoms with Crippen LogP contribution in [0, 0.1) is 0 Å². The first kappa shape index (κ1) is 20.3. The maximum absolute atomic E-state index is 6.04. The summed E-state index contributed by atoms with van der Waals surface area (Å²) >= 11 is 6.04. The Kier molecular flexibility index (Phi) is 7.65. The minimum absolute atomic E-state index is 0.489. The van der Waals surface area contributed by atoms with E-state index < -0.39 is 0 Å². The maximum Gasteiger partial charge on any atom is 0.191 e. The number of hydrogen-bond acceptors (Lipinski definition) is 3. The number of piperidine rings is 1. The summed E-state index contributed by atoms with van der Waals surface area (Å²) in [4.78, 5) is 7.11. The van der Waals surface area contributed by atoms with Crippen LogP contribution in [-0.4, -0.2) is 50.2 Å². The molecule has 0 bridgehead atoms. The number of methoxy groups -OCH3 is 1. The summed E-state index contributed by atoms with van der Waals surface area (Å²) in [7, 11) is 3.49. The van der Waals surface area contributed by atoms with Gasteiger partial charge in [-0.2, -0.15) is 0 Å². The number of guanidine groups is 1. The van der Waals surface area contributed by atoms with Gasteiger partial charge in [-0.15, -0.1) is 0 Å². The Hall–Kier alpha value is -1.46. The highest BCUT2D eigenvalue weighted by molar-refractivity contribution is 6.30. The second-order valence-electron chi connectivity index (χ2n) is 7.63. The molecule has 0 aromatic heterocycles. The molecule has 2 N–H and O–H groups in total. The zero-order valence-electron chi connectivity index (χ0n) is 16.6. The molecule has 150 valence electrons. The quantitative estimate of drug-likeness (QED) is 0.591. The summed E-state index contributed by atoms with van der Waals surface area (Å²) in [5.41, 5.74) is 1.07. The number of ether oxygens (including phenoxy) is 1. The number of aliphatic imine (C=N–C) groups is 1. The predicted molar refractivity (Wildman–Crippen MR) is 113 cm³/mol. The fourth-order valence-electron chi connectivity index (χ4n) is 4.29. The fourth-order valence-corrected chi connectivity index (χ4v) is 4.45. The third kappa shape index (κ3) is 5.76. The first-order valence-corrected chi connectivity index (χ1v) is 10.6. The van der Waals surface area contributed by atoms with Gasteiger partial charge in [-0.25, -0.2) is 0 Å². The largest absolute Gasteiger partial charge is 0.496 e. The molecule has 1 aliphatic carbocycles. The molecule has 1 heterocycles. The van der Waals surface area contributed by atoms with Gasteiger partial charge in [-0.1, -0.05) is 36.9 Å². The standard InChI is InChI=1S/C21H33ClN4O/c1-23-21(24-15-16-8-9-17(22)14-20(16)27-2)25-18-10-12-26(13-11-18)19-6-4-3-5-7-19/h8-9,14,18-19H,3-7,10-13,15H2,1-2H3,(H2,23,24,25). The Balaban J connectivity index is 1.45. The van der Waals surface area contributed by atoms with Gasteiger partial charge in [0.05, 0.1) is 7.11 Å². The Labute approximate surface area is 168 Å². The lowest BCUT2D eigenvalue weighted by atomic mass is 9.92. The molecular formula is C21H33ClN4O. The highest BCUT2D eigenvalue weighted by Gasteiger charge is 2.26. The normalized spacial score (nSPS) is 20.5. The van der Waals surface area contributed by atoms with Crippen LogP contribution in [0.15, 0.2) is 23.2 Å². The summed E-state index contributed by atoms with van der Waals surface area (Å²) < 4.78 is 5.42. The fraction of sp³-hybridized carbons (Fsp3) is 0.667. The average Bonchev–Trinajstić information content (AvgIpc) is 2.72. The third-order valence-corrected chi connectivity index (χ3v) is 6.12. The van der Waals surface area contributed by atoms with Crippen molar-refractivity contribution < 1.29 is 4.74 Å². The number of benzene rings is 1. The van der Waals surface area contributed by atoms with Gasteiger partial charge in [0.2, 0.25) is 0 Å². The van der Waals surface area contributed by atoms with Crippen LogP contribution in [0.25, 0.3) is 0 Å². The summed E-state index contributed by atoms with van der Waals surface area (Å²) in [6.45, 7) is 3.05. The lowest BCUT2D eigenvalue weighted by Crippen LogP contribution is -2.50. The van der Waals surface area contributed by atoms with Crippen LogP contribution in [0.4, 0.5) is 0 Å². The van der Waals surface area contributed by atoms with Crippen molar-refractivity contribution in [2.75, 3.05) is 27.2 Å². The summed E-state index contributed by atoms with van der Waals surface area (Å²) in [5, 5.41) is 7.68. The number of hydrogen-bond donors (Lipinski definition) is 2. The highest BCUT2D eigenvalue weighted by atomic mass is 35.5. The molecule has 0 amide bonds. The minimum atomic E-state index is 0.489. The summed E-state index contributed by atoms with van der Waals surface area (Å²) in [5.74, 6) is 1.65. The highest BCUT2D eigenvalue weighted by Crippen LogP contribution is 2.25. The van der Waals surface area contributed by atoms with E-state index in [1.807, 2.05) is 25.2 Å². The van der Waals surface area contributed by atoms with E-state index >= 15 is 0 Å².